The molecule has 1 saturated carbocycles. The first-order chi connectivity index (χ1) is 15.0. The summed E-state index contributed by atoms with van der Waals surface area (Å²) in [4.78, 5) is 23.5. The van der Waals surface area contributed by atoms with Crippen LogP contribution in [-0.4, -0.2) is 47.6 Å². The molecule has 0 radical (unpaired) electrons. The van der Waals surface area contributed by atoms with E-state index >= 15 is 0 Å². The lowest BCUT2D eigenvalue weighted by Crippen LogP contribution is -2.55. The van der Waals surface area contributed by atoms with Crippen LogP contribution in [-0.2, 0) is 15.1 Å². The summed E-state index contributed by atoms with van der Waals surface area (Å²) in [5.41, 5.74) is 6.51. The largest absolute Gasteiger partial charge is 0.490 e. The molecule has 1 spiro atoms. The number of hydrogen-bond donors (Lipinski definition) is 1. The Morgan fingerprint density at radius 1 is 1.35 bits per heavy atom. The quantitative estimate of drug-likeness (QED) is 0.766. The predicted octanol–water partition coefficient (Wildman–Crippen LogP) is 2.84. The van der Waals surface area contributed by atoms with Gasteiger partial charge in [0.15, 0.2) is 11.5 Å². The molecule has 7 nitrogen and oxygen atoms in total. The first kappa shape index (κ1) is 19.9. The molecule has 1 aromatic heterocycles. The minimum atomic E-state index is -1.21. The van der Waals surface area contributed by atoms with E-state index in [1.54, 1.807) is 37.4 Å². The number of rotatable bonds is 3. The SMILES string of the molecule is CCOC1CCC2Oc3ccc(-c4cccnc4F)cc3C3(N=C(N)N(C)C3=O)C2C1. The van der Waals surface area contributed by atoms with E-state index in [4.69, 9.17) is 20.2 Å². The van der Waals surface area contributed by atoms with E-state index < -0.39 is 11.5 Å². The van der Waals surface area contributed by atoms with Crippen molar-refractivity contribution in [2.75, 3.05) is 13.7 Å². The number of likely N-dealkylation sites (N-methyl/N-ethyl adjacent to an activating group) is 1. The minimum Gasteiger partial charge on any atom is -0.490 e. The predicted molar refractivity (Wildman–Crippen MR) is 113 cm³/mol. The second-order valence-corrected chi connectivity index (χ2v) is 8.31. The summed E-state index contributed by atoms with van der Waals surface area (Å²) in [6, 6.07) is 8.72. The molecule has 1 amide bonds. The van der Waals surface area contributed by atoms with E-state index in [1.807, 2.05) is 6.92 Å². The third-order valence-corrected chi connectivity index (χ3v) is 6.68. The molecule has 1 aliphatic carbocycles. The zero-order valence-corrected chi connectivity index (χ0v) is 17.5. The summed E-state index contributed by atoms with van der Waals surface area (Å²) in [5.74, 6) is -0.226. The topological polar surface area (TPSA) is 90.0 Å². The molecule has 5 rings (SSSR count). The maximum atomic E-state index is 14.4. The van der Waals surface area contributed by atoms with Gasteiger partial charge in [-0.15, -0.1) is 0 Å². The number of aliphatic imine (C=N–C) groups is 1. The van der Waals surface area contributed by atoms with Crippen LogP contribution in [0.25, 0.3) is 11.1 Å². The normalized spacial score (nSPS) is 29.4. The number of guanidine groups is 1. The Hall–Kier alpha value is -3.00. The van der Waals surface area contributed by atoms with E-state index in [9.17, 15) is 9.18 Å². The van der Waals surface area contributed by atoms with E-state index in [2.05, 4.69) is 4.98 Å². The lowest BCUT2D eigenvalue weighted by molar-refractivity contribution is -0.139. The van der Waals surface area contributed by atoms with Crippen LogP contribution in [0.1, 0.15) is 31.7 Å². The van der Waals surface area contributed by atoms with E-state index in [0.29, 0.717) is 35.5 Å². The number of carbonyl (C=O) groups is 1. The molecule has 1 aromatic carbocycles. The third kappa shape index (κ3) is 2.92. The monoisotopic (exact) mass is 424 g/mol. The van der Waals surface area contributed by atoms with Crippen LogP contribution in [0.3, 0.4) is 0 Å². The molecule has 4 unspecified atom stereocenters. The van der Waals surface area contributed by atoms with Gasteiger partial charge >= 0.3 is 0 Å². The van der Waals surface area contributed by atoms with E-state index in [1.165, 1.54) is 11.1 Å². The number of ether oxygens (including phenoxy) is 2. The Balaban J connectivity index is 1.69. The van der Waals surface area contributed by atoms with Gasteiger partial charge in [0.2, 0.25) is 5.95 Å². The zero-order chi connectivity index (χ0) is 21.8. The Morgan fingerprint density at radius 2 is 2.19 bits per heavy atom. The lowest BCUT2D eigenvalue weighted by atomic mass is 9.66. The Bertz CT molecular complexity index is 1070. The van der Waals surface area contributed by atoms with Gasteiger partial charge in [-0.1, -0.05) is 6.07 Å². The van der Waals surface area contributed by atoms with Gasteiger partial charge in [0.1, 0.15) is 11.9 Å². The summed E-state index contributed by atoms with van der Waals surface area (Å²) >= 11 is 0. The Kier molecular flexibility index (Phi) is 4.69. The number of benzene rings is 1. The van der Waals surface area contributed by atoms with E-state index in [0.717, 1.165) is 12.8 Å². The van der Waals surface area contributed by atoms with Crippen molar-refractivity contribution in [1.82, 2.24) is 9.88 Å². The van der Waals surface area contributed by atoms with E-state index in [-0.39, 0.29) is 30.0 Å². The standard InChI is InChI=1S/C23H25FN4O3/c1-3-30-14-7-9-19-17(12-14)23(21(29)28(2)22(25)27-23)16-11-13(6-8-18(16)31-19)15-5-4-10-26-20(15)24/h4-6,8,10-11,14,17,19H,3,7,9,12H2,1-2H3,(H2,25,27). The van der Waals surface area contributed by atoms with Crippen LogP contribution < -0.4 is 10.5 Å². The highest BCUT2D eigenvalue weighted by molar-refractivity contribution is 6.07. The highest BCUT2D eigenvalue weighted by Gasteiger charge is 2.61. The van der Waals surface area contributed by atoms with Gasteiger partial charge in [-0.05, 0) is 56.0 Å². The fourth-order valence-electron chi connectivity index (χ4n) is 5.21. The van der Waals surface area contributed by atoms with Crippen LogP contribution in [0.2, 0.25) is 0 Å². The molecule has 2 aromatic rings. The highest BCUT2D eigenvalue weighted by Crippen LogP contribution is 2.54. The molecule has 31 heavy (non-hydrogen) atoms. The lowest BCUT2D eigenvalue weighted by Gasteiger charge is -2.47. The van der Waals surface area contributed by atoms with Crippen LogP contribution in [0.5, 0.6) is 5.75 Å². The second-order valence-electron chi connectivity index (χ2n) is 8.31. The summed E-state index contributed by atoms with van der Waals surface area (Å²) < 4.78 is 26.6. The average Bonchev–Trinajstić information content (AvgIpc) is 3.00. The van der Waals surface area contributed by atoms with Gasteiger partial charge < -0.3 is 15.2 Å². The first-order valence-electron chi connectivity index (χ1n) is 10.6. The fraction of sp³-hybridized carbons (Fsp3) is 0.435. The number of pyridine rings is 1. The third-order valence-electron chi connectivity index (χ3n) is 6.68. The van der Waals surface area contributed by atoms with Crippen molar-refractivity contribution in [2.24, 2.45) is 16.6 Å². The second kappa shape index (κ2) is 7.30. The molecule has 0 saturated heterocycles. The highest BCUT2D eigenvalue weighted by atomic mass is 19.1. The maximum absolute atomic E-state index is 14.4. The van der Waals surface area contributed by atoms with Crippen molar-refractivity contribution >= 4 is 11.9 Å². The number of halogens is 1. The van der Waals surface area contributed by atoms with Crippen molar-refractivity contribution in [3.63, 3.8) is 0 Å². The van der Waals surface area contributed by atoms with Gasteiger partial charge in [-0.25, -0.2) is 9.98 Å². The molecule has 1 fully saturated rings. The molecular formula is C23H25FN4O3. The average molecular weight is 424 g/mol. The smallest absolute Gasteiger partial charge is 0.262 e. The molecule has 3 heterocycles. The van der Waals surface area contributed by atoms with Crippen molar-refractivity contribution in [1.29, 1.82) is 0 Å². The molecule has 2 aliphatic heterocycles. The number of nitrogens with zero attached hydrogens (tertiary/aromatic N) is 3. The minimum absolute atomic E-state index is 0.0300. The first-order valence-corrected chi connectivity index (χ1v) is 10.6. The number of fused-ring (bicyclic) bond motifs is 4. The number of nitrogens with two attached hydrogens (primary N) is 1. The van der Waals surface area contributed by atoms with Gasteiger partial charge in [0, 0.05) is 36.9 Å². The molecule has 0 bridgehead atoms. The molecule has 2 N–H and O–H groups in total. The molecule has 8 heteroatoms. The summed E-state index contributed by atoms with van der Waals surface area (Å²) in [6.07, 6.45) is 3.53. The fourth-order valence-corrected chi connectivity index (χ4v) is 5.21. The van der Waals surface area contributed by atoms with Crippen LogP contribution in [0.4, 0.5) is 4.39 Å². The van der Waals surface area contributed by atoms with Gasteiger partial charge in [0.05, 0.1) is 6.10 Å². The number of aromatic nitrogens is 1. The van der Waals surface area contributed by atoms with Crippen molar-refractivity contribution in [3.8, 4) is 16.9 Å². The molecule has 162 valence electrons. The van der Waals surface area contributed by atoms with Crippen LogP contribution in [0, 0.1) is 11.9 Å². The molecular weight excluding hydrogens is 399 g/mol. The summed E-state index contributed by atoms with van der Waals surface area (Å²) in [6.45, 7) is 2.57. The Labute approximate surface area is 180 Å². The zero-order valence-electron chi connectivity index (χ0n) is 17.5. The molecule has 4 atom stereocenters. The summed E-state index contributed by atoms with van der Waals surface area (Å²) in [7, 11) is 1.63. The van der Waals surface area contributed by atoms with Gasteiger partial charge in [-0.3, -0.25) is 9.69 Å². The Morgan fingerprint density at radius 3 is 2.90 bits per heavy atom. The molecule has 3 aliphatic rings. The number of carbonyl (C=O) groups excluding carboxylic acids is 1. The van der Waals surface area contributed by atoms with Crippen LogP contribution in [0.15, 0.2) is 41.5 Å². The van der Waals surface area contributed by atoms with Crippen molar-refractivity contribution in [3.05, 3.63) is 48.0 Å². The van der Waals surface area contributed by atoms with Crippen LogP contribution >= 0.6 is 0 Å². The van der Waals surface area contributed by atoms with Crippen molar-refractivity contribution in [2.45, 2.75) is 43.9 Å². The maximum Gasteiger partial charge on any atom is 0.262 e. The van der Waals surface area contributed by atoms with Gasteiger partial charge in [0.25, 0.3) is 5.91 Å². The van der Waals surface area contributed by atoms with Gasteiger partial charge in [-0.2, -0.15) is 4.39 Å². The number of hydrogen-bond acceptors (Lipinski definition) is 6. The van der Waals surface area contributed by atoms with Crippen molar-refractivity contribution < 1.29 is 18.7 Å². The number of amides is 1. The summed E-state index contributed by atoms with van der Waals surface area (Å²) in [5, 5.41) is 0.